The average Bonchev–Trinajstić information content (AvgIpc) is 2.67. The van der Waals surface area contributed by atoms with E-state index in [2.05, 4.69) is 0 Å². The Bertz CT molecular complexity index is 544. The zero-order valence-electron chi connectivity index (χ0n) is 12.9. The number of thiophene rings is 1. The third kappa shape index (κ3) is 3.97. The summed E-state index contributed by atoms with van der Waals surface area (Å²) >= 11 is 1.40. The summed E-state index contributed by atoms with van der Waals surface area (Å²) in [5, 5.41) is 0. The lowest BCUT2D eigenvalue weighted by Gasteiger charge is -2.26. The summed E-state index contributed by atoms with van der Waals surface area (Å²) in [5.41, 5.74) is 0.630. The second-order valence-corrected chi connectivity index (χ2v) is 7.19. The lowest BCUT2D eigenvalue weighted by Crippen LogP contribution is -2.36. The number of nitrogens with zero attached hydrogens (tertiary/aromatic N) is 1. The van der Waals surface area contributed by atoms with Crippen LogP contribution < -0.4 is 0 Å². The highest BCUT2D eigenvalue weighted by atomic mass is 32.1. The van der Waals surface area contributed by atoms with Crippen molar-refractivity contribution in [2.75, 3.05) is 13.7 Å². The first kappa shape index (κ1) is 15.8. The van der Waals surface area contributed by atoms with Crippen molar-refractivity contribution >= 4 is 23.4 Å². The van der Waals surface area contributed by atoms with Crippen molar-refractivity contribution < 1.29 is 19.1 Å². The molecule has 0 atom stereocenters. The molecule has 1 amide bonds. The molecule has 5 nitrogen and oxygen atoms in total. The van der Waals surface area contributed by atoms with Gasteiger partial charge in [0.05, 0.1) is 13.7 Å². The number of esters is 1. The second-order valence-electron chi connectivity index (χ2n) is 6.06. The molecule has 1 aromatic heterocycles. The summed E-state index contributed by atoms with van der Waals surface area (Å²) in [6.45, 7) is 6.73. The van der Waals surface area contributed by atoms with Crippen LogP contribution in [-0.2, 0) is 22.4 Å². The van der Waals surface area contributed by atoms with Gasteiger partial charge in [-0.15, -0.1) is 11.3 Å². The molecule has 0 saturated carbocycles. The summed E-state index contributed by atoms with van der Waals surface area (Å²) in [5.74, 6) is -0.322. The Balaban J connectivity index is 2.14. The number of ether oxygens (including phenoxy) is 2. The highest BCUT2D eigenvalue weighted by Crippen LogP contribution is 2.29. The van der Waals surface area contributed by atoms with E-state index in [0.29, 0.717) is 18.0 Å². The molecule has 0 spiro atoms. The van der Waals surface area contributed by atoms with Gasteiger partial charge in [0.15, 0.2) is 0 Å². The lowest BCUT2D eigenvalue weighted by molar-refractivity contribution is 0.0238. The fraction of sp³-hybridized carbons (Fsp3) is 0.600. The number of hydrogen-bond donors (Lipinski definition) is 0. The summed E-state index contributed by atoms with van der Waals surface area (Å²) in [6.07, 6.45) is 1.43. The number of rotatable bonds is 1. The first-order valence-electron chi connectivity index (χ1n) is 6.98. The molecular weight excluding hydrogens is 290 g/mol. The highest BCUT2D eigenvalue weighted by Gasteiger charge is 2.26. The summed E-state index contributed by atoms with van der Waals surface area (Å²) < 4.78 is 10.2. The molecule has 6 heteroatoms. The van der Waals surface area contributed by atoms with Gasteiger partial charge in [-0.2, -0.15) is 0 Å². The van der Waals surface area contributed by atoms with Crippen molar-refractivity contribution in [2.45, 2.75) is 45.8 Å². The van der Waals surface area contributed by atoms with Gasteiger partial charge in [-0.1, -0.05) is 0 Å². The Labute approximate surface area is 128 Å². The van der Waals surface area contributed by atoms with Gasteiger partial charge in [0.1, 0.15) is 10.5 Å². The Morgan fingerprint density at radius 1 is 1.33 bits per heavy atom. The maximum atomic E-state index is 12.2. The predicted octanol–water partition coefficient (Wildman–Crippen LogP) is 3.22. The SMILES string of the molecule is COC(=O)c1cc2c(s1)CN(C(=O)OC(C)(C)C)CCC2. The lowest BCUT2D eigenvalue weighted by atomic mass is 10.1. The first-order chi connectivity index (χ1) is 9.80. The molecule has 2 rings (SSSR count). The minimum Gasteiger partial charge on any atom is -0.465 e. The van der Waals surface area contributed by atoms with E-state index < -0.39 is 5.60 Å². The molecule has 0 saturated heterocycles. The van der Waals surface area contributed by atoms with E-state index in [4.69, 9.17) is 9.47 Å². The van der Waals surface area contributed by atoms with Crippen LogP contribution >= 0.6 is 11.3 Å². The quantitative estimate of drug-likeness (QED) is 0.747. The summed E-state index contributed by atoms with van der Waals surface area (Å²) in [7, 11) is 1.38. The molecule has 0 fully saturated rings. The normalized spacial score (nSPS) is 15.1. The number of amides is 1. The van der Waals surface area contributed by atoms with Gasteiger partial charge in [-0.05, 0) is 45.2 Å². The van der Waals surface area contributed by atoms with Gasteiger partial charge in [-0.25, -0.2) is 9.59 Å². The van der Waals surface area contributed by atoms with Crippen LogP contribution in [0.5, 0.6) is 0 Å². The van der Waals surface area contributed by atoms with E-state index in [-0.39, 0.29) is 12.1 Å². The Morgan fingerprint density at radius 2 is 2.05 bits per heavy atom. The standard InChI is InChI=1S/C15H21NO4S/c1-15(2,3)20-14(18)16-7-5-6-10-8-11(13(17)19-4)21-12(10)9-16/h8H,5-7,9H2,1-4H3. The monoisotopic (exact) mass is 311 g/mol. The van der Waals surface area contributed by atoms with Crippen LogP contribution in [0.15, 0.2) is 6.07 Å². The molecule has 0 N–H and O–H groups in total. The topological polar surface area (TPSA) is 55.8 Å². The smallest absolute Gasteiger partial charge is 0.410 e. The zero-order chi connectivity index (χ0) is 15.6. The summed E-state index contributed by atoms with van der Waals surface area (Å²) in [4.78, 5) is 27.1. The van der Waals surface area contributed by atoms with Gasteiger partial charge >= 0.3 is 12.1 Å². The van der Waals surface area contributed by atoms with E-state index in [1.165, 1.54) is 18.4 Å². The van der Waals surface area contributed by atoms with Gasteiger partial charge in [0.2, 0.25) is 0 Å². The van der Waals surface area contributed by atoms with Crippen molar-refractivity contribution in [3.63, 3.8) is 0 Å². The molecule has 1 aliphatic rings. The van der Waals surface area contributed by atoms with Crippen LogP contribution in [0.1, 0.15) is 47.3 Å². The maximum absolute atomic E-state index is 12.2. The molecule has 0 aromatic carbocycles. The van der Waals surface area contributed by atoms with Crippen LogP contribution in [0.2, 0.25) is 0 Å². The molecule has 0 unspecified atom stereocenters. The molecule has 116 valence electrons. The van der Waals surface area contributed by atoms with E-state index in [9.17, 15) is 9.59 Å². The Morgan fingerprint density at radius 3 is 2.67 bits per heavy atom. The van der Waals surface area contributed by atoms with Crippen LogP contribution in [0.25, 0.3) is 0 Å². The predicted molar refractivity (Wildman–Crippen MR) is 80.6 cm³/mol. The maximum Gasteiger partial charge on any atom is 0.410 e. The minimum absolute atomic E-state index is 0.302. The van der Waals surface area contributed by atoms with Crippen molar-refractivity contribution in [3.8, 4) is 0 Å². The molecule has 21 heavy (non-hydrogen) atoms. The molecule has 0 aliphatic carbocycles. The van der Waals surface area contributed by atoms with Gasteiger partial charge in [-0.3, -0.25) is 0 Å². The molecule has 2 heterocycles. The molecule has 0 radical (unpaired) electrons. The van der Waals surface area contributed by atoms with Gasteiger partial charge in [0, 0.05) is 11.4 Å². The van der Waals surface area contributed by atoms with Crippen molar-refractivity contribution in [1.82, 2.24) is 4.90 Å². The Kier molecular flexibility index (Phi) is 4.56. The van der Waals surface area contributed by atoms with Crippen LogP contribution in [0, 0.1) is 0 Å². The van der Waals surface area contributed by atoms with E-state index in [1.807, 2.05) is 26.8 Å². The van der Waals surface area contributed by atoms with E-state index in [1.54, 1.807) is 4.90 Å². The van der Waals surface area contributed by atoms with Crippen LogP contribution in [0.4, 0.5) is 4.79 Å². The van der Waals surface area contributed by atoms with Crippen molar-refractivity contribution in [1.29, 1.82) is 0 Å². The fourth-order valence-corrected chi connectivity index (χ4v) is 3.35. The number of carbonyl (C=O) groups is 2. The first-order valence-corrected chi connectivity index (χ1v) is 7.79. The molecular formula is C15H21NO4S. The van der Waals surface area contributed by atoms with Gasteiger partial charge in [0.25, 0.3) is 0 Å². The van der Waals surface area contributed by atoms with E-state index >= 15 is 0 Å². The highest BCUT2D eigenvalue weighted by molar-refractivity contribution is 7.14. The molecule has 1 aliphatic heterocycles. The zero-order valence-corrected chi connectivity index (χ0v) is 13.7. The fourth-order valence-electron chi connectivity index (χ4n) is 2.21. The second kappa shape index (κ2) is 6.05. The third-order valence-electron chi connectivity index (χ3n) is 3.14. The van der Waals surface area contributed by atoms with Crippen molar-refractivity contribution in [3.05, 3.63) is 21.4 Å². The Hall–Kier alpha value is -1.56. The molecule has 0 bridgehead atoms. The minimum atomic E-state index is -0.501. The molecule has 1 aromatic rings. The van der Waals surface area contributed by atoms with E-state index in [0.717, 1.165) is 23.3 Å². The number of methoxy groups -OCH3 is 1. The van der Waals surface area contributed by atoms with Gasteiger partial charge < -0.3 is 14.4 Å². The average molecular weight is 311 g/mol. The largest absolute Gasteiger partial charge is 0.465 e. The third-order valence-corrected chi connectivity index (χ3v) is 4.29. The van der Waals surface area contributed by atoms with Crippen LogP contribution in [-0.4, -0.2) is 36.2 Å². The van der Waals surface area contributed by atoms with Crippen LogP contribution in [0.3, 0.4) is 0 Å². The number of carbonyl (C=O) groups excluding carboxylic acids is 2. The summed E-state index contributed by atoms with van der Waals surface area (Å²) in [6, 6.07) is 1.88. The van der Waals surface area contributed by atoms with Crippen molar-refractivity contribution in [2.24, 2.45) is 0 Å². The number of hydrogen-bond acceptors (Lipinski definition) is 5. The number of aryl methyl sites for hydroxylation is 1. The number of fused-ring (bicyclic) bond motifs is 1.